The van der Waals surface area contributed by atoms with E-state index in [1.54, 1.807) is 29.7 Å². The molecular formula is C25H30N6O2S2. The van der Waals surface area contributed by atoms with Gasteiger partial charge in [0, 0.05) is 38.2 Å². The number of aryl methyl sites for hydroxylation is 2. The van der Waals surface area contributed by atoms with Gasteiger partial charge >= 0.3 is 0 Å². The Morgan fingerprint density at radius 3 is 2.77 bits per heavy atom. The molecule has 35 heavy (non-hydrogen) atoms. The fourth-order valence-electron chi connectivity index (χ4n) is 3.98. The summed E-state index contributed by atoms with van der Waals surface area (Å²) in [5.74, 6) is 0.333. The van der Waals surface area contributed by atoms with Gasteiger partial charge in [-0.15, -0.1) is 0 Å². The van der Waals surface area contributed by atoms with Gasteiger partial charge in [0.2, 0.25) is 0 Å². The molecule has 3 aromatic rings. The van der Waals surface area contributed by atoms with E-state index in [1.807, 2.05) is 29.8 Å². The van der Waals surface area contributed by atoms with Crippen molar-refractivity contribution in [2.75, 3.05) is 18.4 Å². The molecule has 1 amide bonds. The molecule has 1 N–H and O–H groups in total. The van der Waals surface area contributed by atoms with Crippen LogP contribution in [-0.2, 0) is 11.3 Å². The predicted octanol–water partition coefficient (Wildman–Crippen LogP) is 4.48. The zero-order chi connectivity index (χ0) is 24.8. The maximum Gasteiger partial charge on any atom is 0.267 e. The average Bonchev–Trinajstić information content (AvgIpc) is 3.45. The van der Waals surface area contributed by atoms with Gasteiger partial charge in [0.1, 0.15) is 15.8 Å². The number of thiocarbonyl (C=S) groups is 1. The number of thioether (sulfide) groups is 1. The lowest BCUT2D eigenvalue weighted by atomic mass is 10.2. The molecular weight excluding hydrogens is 480 g/mol. The second-order valence-corrected chi connectivity index (χ2v) is 10.2. The van der Waals surface area contributed by atoms with E-state index in [1.165, 1.54) is 16.2 Å². The minimum Gasteiger partial charge on any atom is -0.369 e. The lowest BCUT2D eigenvalue weighted by Gasteiger charge is -2.14. The van der Waals surface area contributed by atoms with Crippen molar-refractivity contribution in [3.8, 4) is 0 Å². The van der Waals surface area contributed by atoms with E-state index in [-0.39, 0.29) is 11.5 Å². The molecule has 0 radical (unpaired) electrons. The molecule has 1 aliphatic rings. The average molecular weight is 511 g/mol. The quantitative estimate of drug-likeness (QED) is 0.231. The van der Waals surface area contributed by atoms with Crippen molar-refractivity contribution in [3.05, 3.63) is 63.4 Å². The summed E-state index contributed by atoms with van der Waals surface area (Å²) in [5, 5.41) is 3.33. The van der Waals surface area contributed by atoms with Crippen LogP contribution < -0.4 is 10.9 Å². The summed E-state index contributed by atoms with van der Waals surface area (Å²) < 4.78 is 4.07. The van der Waals surface area contributed by atoms with E-state index in [4.69, 9.17) is 17.2 Å². The van der Waals surface area contributed by atoms with Gasteiger partial charge in [-0.2, -0.15) is 0 Å². The fraction of sp³-hybridized carbons (Fsp3) is 0.400. The zero-order valence-electron chi connectivity index (χ0n) is 20.1. The number of hydrogen-bond acceptors (Lipinski definition) is 7. The maximum absolute atomic E-state index is 13.5. The summed E-state index contributed by atoms with van der Waals surface area (Å²) in [6.45, 7) is 6.10. The first-order chi connectivity index (χ1) is 17.0. The first kappa shape index (κ1) is 25.1. The SMILES string of the molecule is CCCCCCN1C(=O)/C(=C/c2c(NCCCn3ccnc3)nc3c(C)cccn3c2=O)SC1=S. The molecule has 10 heteroatoms. The summed E-state index contributed by atoms with van der Waals surface area (Å²) in [5.41, 5.74) is 1.64. The number of nitrogens with one attached hydrogen (secondary N) is 1. The second kappa shape index (κ2) is 11.6. The number of aromatic nitrogens is 4. The number of unbranched alkanes of at least 4 members (excludes halogenated alkanes) is 3. The first-order valence-electron chi connectivity index (χ1n) is 12.0. The lowest BCUT2D eigenvalue weighted by molar-refractivity contribution is -0.122. The summed E-state index contributed by atoms with van der Waals surface area (Å²) >= 11 is 6.73. The molecule has 184 valence electrons. The molecule has 4 rings (SSSR count). The number of carbonyl (C=O) groups excluding carboxylic acids is 1. The molecule has 0 saturated carbocycles. The Labute approximate surface area is 214 Å². The van der Waals surface area contributed by atoms with Crippen LogP contribution in [0.5, 0.6) is 0 Å². The van der Waals surface area contributed by atoms with Gasteiger partial charge in [-0.1, -0.05) is 56.2 Å². The highest BCUT2D eigenvalue weighted by atomic mass is 32.2. The molecule has 1 fully saturated rings. The Morgan fingerprint density at radius 1 is 1.14 bits per heavy atom. The van der Waals surface area contributed by atoms with Gasteiger partial charge < -0.3 is 9.88 Å². The molecule has 3 aromatic heterocycles. The van der Waals surface area contributed by atoms with Crippen LogP contribution in [0.3, 0.4) is 0 Å². The molecule has 0 aliphatic carbocycles. The monoisotopic (exact) mass is 510 g/mol. The first-order valence-corrected chi connectivity index (χ1v) is 13.2. The Hall–Kier alpha value is -2.98. The Morgan fingerprint density at radius 2 is 2.00 bits per heavy atom. The molecule has 1 aliphatic heterocycles. The van der Waals surface area contributed by atoms with Crippen molar-refractivity contribution in [2.45, 2.75) is 52.5 Å². The summed E-state index contributed by atoms with van der Waals surface area (Å²) in [4.78, 5) is 37.5. The standard InChI is InChI=1S/C25H30N6O2S2/c1-3-4-5-6-13-31-24(33)20(35-25(31)34)16-19-21(27-10-8-12-29-15-11-26-17-29)28-22-18(2)9-7-14-30(22)23(19)32/h7,9,11,14-17,27H,3-6,8,10,12-13H2,1-2H3/b20-16-. The summed E-state index contributed by atoms with van der Waals surface area (Å²) in [7, 11) is 0. The van der Waals surface area contributed by atoms with Crippen LogP contribution in [0.1, 0.15) is 50.2 Å². The van der Waals surface area contributed by atoms with Crippen LogP contribution in [0.2, 0.25) is 0 Å². The Kier molecular flexibility index (Phi) is 8.35. The lowest BCUT2D eigenvalue weighted by Crippen LogP contribution is -2.29. The number of amides is 1. The third-order valence-corrected chi connectivity index (χ3v) is 7.29. The molecule has 1 saturated heterocycles. The highest BCUT2D eigenvalue weighted by molar-refractivity contribution is 8.26. The van der Waals surface area contributed by atoms with E-state index in [9.17, 15) is 9.59 Å². The van der Waals surface area contributed by atoms with Crippen LogP contribution in [0.4, 0.5) is 5.82 Å². The minimum absolute atomic E-state index is 0.142. The largest absolute Gasteiger partial charge is 0.369 e. The van der Waals surface area contributed by atoms with Crippen molar-refractivity contribution in [1.82, 2.24) is 23.8 Å². The van der Waals surface area contributed by atoms with Crippen molar-refractivity contribution < 1.29 is 4.79 Å². The number of anilines is 1. The maximum atomic E-state index is 13.5. The Balaban J connectivity index is 1.61. The number of rotatable bonds is 11. The topological polar surface area (TPSA) is 84.5 Å². The van der Waals surface area contributed by atoms with Crippen LogP contribution in [0, 0.1) is 6.92 Å². The van der Waals surface area contributed by atoms with Gasteiger partial charge in [0.15, 0.2) is 0 Å². The fourth-order valence-corrected chi connectivity index (χ4v) is 5.27. The number of carbonyl (C=O) groups is 1. The Bertz CT molecular complexity index is 1300. The van der Waals surface area contributed by atoms with Crippen molar-refractivity contribution in [1.29, 1.82) is 0 Å². The molecule has 8 nitrogen and oxygen atoms in total. The highest BCUT2D eigenvalue weighted by Crippen LogP contribution is 2.33. The van der Waals surface area contributed by atoms with E-state index >= 15 is 0 Å². The van der Waals surface area contributed by atoms with Crippen LogP contribution >= 0.6 is 24.0 Å². The molecule has 0 spiro atoms. The van der Waals surface area contributed by atoms with E-state index in [2.05, 4.69) is 17.2 Å². The zero-order valence-corrected chi connectivity index (χ0v) is 21.7. The third kappa shape index (κ3) is 5.82. The van der Waals surface area contributed by atoms with Gasteiger partial charge in [0.05, 0.1) is 16.8 Å². The van der Waals surface area contributed by atoms with E-state index in [0.717, 1.165) is 44.2 Å². The number of imidazole rings is 1. The van der Waals surface area contributed by atoms with Crippen LogP contribution in [0.15, 0.2) is 46.8 Å². The van der Waals surface area contributed by atoms with Crippen LogP contribution in [-0.4, -0.2) is 47.2 Å². The molecule has 0 bridgehead atoms. The third-order valence-electron chi connectivity index (χ3n) is 5.91. The van der Waals surface area contributed by atoms with E-state index in [0.29, 0.717) is 39.3 Å². The predicted molar refractivity (Wildman–Crippen MR) is 146 cm³/mol. The summed E-state index contributed by atoms with van der Waals surface area (Å²) in [6, 6.07) is 3.75. The number of pyridine rings is 1. The normalized spacial score (nSPS) is 15.0. The van der Waals surface area contributed by atoms with Gasteiger partial charge in [0.25, 0.3) is 11.5 Å². The summed E-state index contributed by atoms with van der Waals surface area (Å²) in [6.07, 6.45) is 13.9. The van der Waals surface area contributed by atoms with E-state index < -0.39 is 0 Å². The molecule has 0 atom stereocenters. The molecule has 0 unspecified atom stereocenters. The second-order valence-electron chi connectivity index (χ2n) is 8.54. The van der Waals surface area contributed by atoms with Crippen LogP contribution in [0.25, 0.3) is 11.7 Å². The van der Waals surface area contributed by atoms with Crippen molar-refractivity contribution >= 4 is 51.7 Å². The number of nitrogens with zero attached hydrogens (tertiary/aromatic N) is 5. The molecule has 4 heterocycles. The van der Waals surface area contributed by atoms with Gasteiger partial charge in [-0.25, -0.2) is 9.97 Å². The highest BCUT2D eigenvalue weighted by Gasteiger charge is 2.32. The van der Waals surface area contributed by atoms with Gasteiger partial charge in [-0.3, -0.25) is 18.9 Å². The van der Waals surface area contributed by atoms with Crippen molar-refractivity contribution in [2.24, 2.45) is 0 Å². The molecule has 0 aromatic carbocycles. The van der Waals surface area contributed by atoms with Crippen molar-refractivity contribution in [3.63, 3.8) is 0 Å². The van der Waals surface area contributed by atoms with Gasteiger partial charge in [-0.05, 0) is 37.5 Å². The smallest absolute Gasteiger partial charge is 0.267 e. The number of hydrogen-bond donors (Lipinski definition) is 1. The minimum atomic E-state index is -0.218. The number of fused-ring (bicyclic) bond motifs is 1.